The van der Waals surface area contributed by atoms with Crippen LogP contribution in [0.3, 0.4) is 0 Å². The molecule has 1 aliphatic heterocycles. The number of rotatable bonds is 3. The van der Waals surface area contributed by atoms with Gasteiger partial charge in [-0.25, -0.2) is 0 Å². The highest BCUT2D eigenvalue weighted by Gasteiger charge is 2.32. The summed E-state index contributed by atoms with van der Waals surface area (Å²) in [6.07, 6.45) is 1.07. The molecule has 5 heteroatoms. The van der Waals surface area contributed by atoms with E-state index in [0.29, 0.717) is 5.33 Å². The van der Waals surface area contributed by atoms with E-state index in [0.717, 1.165) is 30.8 Å². The maximum absolute atomic E-state index is 11.2. The predicted molar refractivity (Wildman–Crippen MR) is 76.3 cm³/mol. The first-order valence-corrected chi connectivity index (χ1v) is 7.13. The molecule has 0 N–H and O–H groups in total. The Labute approximate surface area is 115 Å². The van der Waals surface area contributed by atoms with Crippen molar-refractivity contribution in [1.29, 1.82) is 0 Å². The number of hydrogen-bond acceptors (Lipinski definition) is 3. The van der Waals surface area contributed by atoms with Crippen LogP contribution in [0.15, 0.2) is 18.2 Å². The van der Waals surface area contributed by atoms with Crippen molar-refractivity contribution in [2.75, 3.05) is 18.0 Å². The third kappa shape index (κ3) is 2.66. The number of nitrogens with zero attached hydrogens (tertiary/aromatic N) is 2. The lowest BCUT2D eigenvalue weighted by Crippen LogP contribution is -2.23. The zero-order valence-electron chi connectivity index (χ0n) is 10.6. The van der Waals surface area contributed by atoms with Crippen LogP contribution in [0.25, 0.3) is 0 Å². The van der Waals surface area contributed by atoms with E-state index in [4.69, 9.17) is 0 Å². The second-order valence-corrected chi connectivity index (χ2v) is 6.11. The molecular weight excluding hydrogens is 296 g/mol. The number of alkyl halides is 1. The Hall–Kier alpha value is -1.10. The molecule has 0 unspecified atom stereocenters. The second-order valence-electron chi connectivity index (χ2n) is 5.55. The molecule has 2 rings (SSSR count). The van der Waals surface area contributed by atoms with Crippen molar-refractivity contribution >= 4 is 27.3 Å². The van der Waals surface area contributed by atoms with E-state index in [1.54, 1.807) is 6.07 Å². The molecule has 1 aromatic carbocycles. The average Bonchev–Trinajstić information content (AvgIpc) is 2.68. The monoisotopic (exact) mass is 312 g/mol. The normalized spacial score (nSPS) is 18.1. The minimum absolute atomic E-state index is 0.213. The molecule has 1 aliphatic rings. The third-order valence-corrected chi connectivity index (χ3v) is 4.06. The van der Waals surface area contributed by atoms with Crippen LogP contribution in [0.2, 0.25) is 0 Å². The highest BCUT2D eigenvalue weighted by atomic mass is 79.9. The SMILES string of the molecule is CC1(C)CCN(c2ccc(CBr)cc2[N+](=O)[O-])C1. The van der Waals surface area contributed by atoms with Gasteiger partial charge in [0.2, 0.25) is 0 Å². The molecule has 0 radical (unpaired) electrons. The van der Waals surface area contributed by atoms with Crippen LogP contribution in [0.4, 0.5) is 11.4 Å². The topological polar surface area (TPSA) is 46.4 Å². The van der Waals surface area contributed by atoms with Crippen LogP contribution >= 0.6 is 15.9 Å². The van der Waals surface area contributed by atoms with E-state index in [9.17, 15) is 10.1 Å². The summed E-state index contributed by atoms with van der Waals surface area (Å²) in [5.41, 5.74) is 2.13. The first-order valence-electron chi connectivity index (χ1n) is 6.01. The highest BCUT2D eigenvalue weighted by Crippen LogP contribution is 2.37. The summed E-state index contributed by atoms with van der Waals surface area (Å²) in [5.74, 6) is 0. The molecule has 1 aromatic rings. The standard InChI is InChI=1S/C13H17BrN2O2/c1-13(2)5-6-15(9-13)11-4-3-10(8-14)7-12(11)16(17)18/h3-4,7H,5-6,8-9H2,1-2H3. The zero-order chi connectivity index (χ0) is 13.3. The Bertz CT molecular complexity index is 474. The molecular formula is C13H17BrN2O2. The maximum atomic E-state index is 11.2. The minimum atomic E-state index is -0.285. The molecule has 98 valence electrons. The number of halogens is 1. The molecule has 4 nitrogen and oxygen atoms in total. The van der Waals surface area contributed by atoms with E-state index in [1.165, 1.54) is 0 Å². The molecule has 1 heterocycles. The molecule has 18 heavy (non-hydrogen) atoms. The Morgan fingerprint density at radius 2 is 2.22 bits per heavy atom. The van der Waals surface area contributed by atoms with Gasteiger partial charge in [0.05, 0.1) is 4.92 Å². The number of nitro benzene ring substituents is 1. The smallest absolute Gasteiger partial charge is 0.292 e. The van der Waals surface area contributed by atoms with E-state index in [-0.39, 0.29) is 16.0 Å². The van der Waals surface area contributed by atoms with Gasteiger partial charge in [-0.3, -0.25) is 10.1 Å². The van der Waals surface area contributed by atoms with Gasteiger partial charge in [-0.05, 0) is 23.5 Å². The summed E-state index contributed by atoms with van der Waals surface area (Å²) in [6, 6.07) is 5.48. The molecule has 0 atom stereocenters. The van der Waals surface area contributed by atoms with Crippen molar-refractivity contribution in [2.45, 2.75) is 25.6 Å². The fourth-order valence-electron chi connectivity index (χ4n) is 2.38. The van der Waals surface area contributed by atoms with Gasteiger partial charge in [0.15, 0.2) is 0 Å². The summed E-state index contributed by atoms with van der Waals surface area (Å²) >= 11 is 3.33. The van der Waals surface area contributed by atoms with Gasteiger partial charge in [-0.2, -0.15) is 0 Å². The van der Waals surface area contributed by atoms with E-state index < -0.39 is 0 Å². The number of anilines is 1. The van der Waals surface area contributed by atoms with E-state index in [2.05, 4.69) is 34.7 Å². The minimum Gasteiger partial charge on any atom is -0.365 e. The quantitative estimate of drug-likeness (QED) is 0.485. The van der Waals surface area contributed by atoms with Crippen LogP contribution in [-0.4, -0.2) is 18.0 Å². The van der Waals surface area contributed by atoms with Crippen molar-refractivity contribution in [3.63, 3.8) is 0 Å². The predicted octanol–water partition coefficient (Wildman–Crippen LogP) is 3.73. The lowest BCUT2D eigenvalue weighted by atomic mass is 9.93. The van der Waals surface area contributed by atoms with Gasteiger partial charge in [0, 0.05) is 24.5 Å². The lowest BCUT2D eigenvalue weighted by Gasteiger charge is -2.21. The summed E-state index contributed by atoms with van der Waals surface area (Å²) in [5, 5.41) is 11.8. The zero-order valence-corrected chi connectivity index (χ0v) is 12.2. The Morgan fingerprint density at radius 3 is 2.72 bits per heavy atom. The Morgan fingerprint density at radius 1 is 1.50 bits per heavy atom. The Balaban J connectivity index is 2.36. The van der Waals surface area contributed by atoms with E-state index in [1.807, 2.05) is 12.1 Å². The first-order chi connectivity index (χ1) is 8.43. The van der Waals surface area contributed by atoms with Crippen LogP contribution in [0.1, 0.15) is 25.8 Å². The molecule has 0 bridgehead atoms. The molecule has 0 saturated carbocycles. The van der Waals surface area contributed by atoms with Crippen molar-refractivity contribution < 1.29 is 4.92 Å². The molecule has 0 amide bonds. The van der Waals surface area contributed by atoms with Crippen LogP contribution in [-0.2, 0) is 5.33 Å². The summed E-state index contributed by atoms with van der Waals surface area (Å²) in [7, 11) is 0. The maximum Gasteiger partial charge on any atom is 0.292 e. The molecule has 1 fully saturated rings. The van der Waals surface area contributed by atoms with Gasteiger partial charge < -0.3 is 4.90 Å². The molecule has 0 aliphatic carbocycles. The number of nitro groups is 1. The van der Waals surface area contributed by atoms with Gasteiger partial charge in [-0.15, -0.1) is 0 Å². The van der Waals surface area contributed by atoms with Gasteiger partial charge in [-0.1, -0.05) is 35.8 Å². The van der Waals surface area contributed by atoms with Crippen molar-refractivity contribution in [3.05, 3.63) is 33.9 Å². The highest BCUT2D eigenvalue weighted by molar-refractivity contribution is 9.08. The fraction of sp³-hybridized carbons (Fsp3) is 0.538. The van der Waals surface area contributed by atoms with Crippen LogP contribution in [0.5, 0.6) is 0 Å². The van der Waals surface area contributed by atoms with Crippen molar-refractivity contribution in [2.24, 2.45) is 5.41 Å². The lowest BCUT2D eigenvalue weighted by molar-refractivity contribution is -0.384. The number of hydrogen-bond donors (Lipinski definition) is 0. The first kappa shape index (κ1) is 13.3. The van der Waals surface area contributed by atoms with Gasteiger partial charge in [0.1, 0.15) is 5.69 Å². The van der Waals surface area contributed by atoms with Crippen LogP contribution in [0, 0.1) is 15.5 Å². The van der Waals surface area contributed by atoms with Crippen molar-refractivity contribution in [1.82, 2.24) is 0 Å². The average molecular weight is 313 g/mol. The molecule has 0 spiro atoms. The van der Waals surface area contributed by atoms with Crippen LogP contribution < -0.4 is 4.90 Å². The summed E-state index contributed by atoms with van der Waals surface area (Å²) in [6.45, 7) is 6.17. The third-order valence-electron chi connectivity index (χ3n) is 3.41. The molecule has 1 saturated heterocycles. The van der Waals surface area contributed by atoms with Gasteiger partial charge >= 0.3 is 0 Å². The fourth-order valence-corrected chi connectivity index (χ4v) is 2.73. The Kier molecular flexibility index (Phi) is 3.61. The van der Waals surface area contributed by atoms with E-state index >= 15 is 0 Å². The molecule has 0 aromatic heterocycles. The largest absolute Gasteiger partial charge is 0.365 e. The summed E-state index contributed by atoms with van der Waals surface area (Å²) < 4.78 is 0. The van der Waals surface area contributed by atoms with Gasteiger partial charge in [0.25, 0.3) is 5.69 Å². The summed E-state index contributed by atoms with van der Waals surface area (Å²) in [4.78, 5) is 13.0. The second kappa shape index (κ2) is 4.88. The number of benzene rings is 1. The van der Waals surface area contributed by atoms with Crippen molar-refractivity contribution in [3.8, 4) is 0 Å².